The lowest BCUT2D eigenvalue weighted by atomic mass is 9.73. The molecule has 82 valence electrons. The highest BCUT2D eigenvalue weighted by molar-refractivity contribution is 5.25. The van der Waals surface area contributed by atoms with Gasteiger partial charge < -0.3 is 10.0 Å². The van der Waals surface area contributed by atoms with E-state index in [1.165, 1.54) is 10.5 Å². The summed E-state index contributed by atoms with van der Waals surface area (Å²) in [4.78, 5) is 1.33. The fourth-order valence-corrected chi connectivity index (χ4v) is 2.41. The highest BCUT2D eigenvalue weighted by Crippen LogP contribution is 2.31. The molecule has 0 radical (unpaired) electrons. The monoisotopic (exact) mass is 205 g/mol. The van der Waals surface area contributed by atoms with Crippen LogP contribution in [0.3, 0.4) is 0 Å². The van der Waals surface area contributed by atoms with Gasteiger partial charge in [0.1, 0.15) is 0 Å². The molecule has 0 atom stereocenters. The number of likely N-dealkylation sites (tertiary alicyclic amines) is 1. The van der Waals surface area contributed by atoms with Crippen molar-refractivity contribution in [3.63, 3.8) is 0 Å². The summed E-state index contributed by atoms with van der Waals surface area (Å²) in [5, 5.41) is 9.65. The van der Waals surface area contributed by atoms with Crippen molar-refractivity contribution in [3.05, 3.63) is 42.9 Å². The Balaban J connectivity index is 2.23. The van der Waals surface area contributed by atoms with E-state index in [1.807, 2.05) is 6.07 Å². The number of benzene rings is 1. The number of aliphatic hydroxyl groups is 1. The zero-order valence-corrected chi connectivity index (χ0v) is 9.08. The Morgan fingerprint density at radius 3 is 2.33 bits per heavy atom. The van der Waals surface area contributed by atoms with Gasteiger partial charge in [0.2, 0.25) is 0 Å². The molecule has 1 aromatic rings. The van der Waals surface area contributed by atoms with Crippen LogP contribution in [-0.2, 0) is 5.41 Å². The topological polar surface area (TPSA) is 24.7 Å². The van der Waals surface area contributed by atoms with Gasteiger partial charge >= 0.3 is 0 Å². The summed E-state index contributed by atoms with van der Waals surface area (Å²) in [6, 6.07) is 10.4. The molecule has 1 saturated heterocycles. The maximum absolute atomic E-state index is 9.65. The Kier molecular flexibility index (Phi) is 3.08. The van der Waals surface area contributed by atoms with Crippen LogP contribution in [-0.4, -0.2) is 24.8 Å². The van der Waals surface area contributed by atoms with Crippen molar-refractivity contribution in [2.45, 2.75) is 18.3 Å². The Bertz CT molecular complexity index is 302. The lowest BCUT2D eigenvalue weighted by molar-refractivity contribution is -0.861. The van der Waals surface area contributed by atoms with Crippen LogP contribution in [0.25, 0.3) is 0 Å². The SMILES string of the molecule is [CH2-][NH+]1CCC(CO)(c2ccccc2)CC1. The highest BCUT2D eigenvalue weighted by atomic mass is 16.3. The van der Waals surface area contributed by atoms with Gasteiger partial charge in [-0.2, -0.15) is 7.05 Å². The number of aliphatic hydroxyl groups excluding tert-OH is 1. The molecule has 15 heavy (non-hydrogen) atoms. The summed E-state index contributed by atoms with van der Waals surface area (Å²) in [5.41, 5.74) is 1.27. The second kappa shape index (κ2) is 4.33. The van der Waals surface area contributed by atoms with Crippen molar-refractivity contribution >= 4 is 0 Å². The van der Waals surface area contributed by atoms with E-state index in [9.17, 15) is 5.11 Å². The highest BCUT2D eigenvalue weighted by Gasteiger charge is 2.35. The van der Waals surface area contributed by atoms with Gasteiger partial charge in [-0.15, -0.1) is 0 Å². The predicted molar refractivity (Wildman–Crippen MR) is 60.5 cm³/mol. The van der Waals surface area contributed by atoms with E-state index >= 15 is 0 Å². The second-order valence-corrected chi connectivity index (χ2v) is 4.55. The molecule has 2 nitrogen and oxygen atoms in total. The number of hydrogen-bond acceptors (Lipinski definition) is 1. The molecule has 0 aliphatic carbocycles. The Labute approximate surface area is 91.5 Å². The number of quaternary nitrogens is 1. The van der Waals surface area contributed by atoms with Gasteiger partial charge in [-0.25, -0.2) is 0 Å². The smallest absolute Gasteiger partial charge is 0.0539 e. The average molecular weight is 205 g/mol. The number of piperidine rings is 1. The van der Waals surface area contributed by atoms with E-state index in [0.717, 1.165) is 25.9 Å². The van der Waals surface area contributed by atoms with Crippen molar-refractivity contribution in [1.29, 1.82) is 0 Å². The molecular weight excluding hydrogens is 186 g/mol. The second-order valence-electron chi connectivity index (χ2n) is 4.55. The fraction of sp³-hybridized carbons (Fsp3) is 0.462. The number of rotatable bonds is 2. The van der Waals surface area contributed by atoms with Crippen molar-refractivity contribution in [1.82, 2.24) is 0 Å². The van der Waals surface area contributed by atoms with Crippen LogP contribution < -0.4 is 4.90 Å². The lowest BCUT2D eigenvalue weighted by Gasteiger charge is -2.40. The zero-order chi connectivity index (χ0) is 10.7. The summed E-state index contributed by atoms with van der Waals surface area (Å²) in [5.74, 6) is 0. The molecule has 1 fully saturated rings. The van der Waals surface area contributed by atoms with Gasteiger partial charge in [-0.3, -0.25) is 0 Å². The molecule has 0 bridgehead atoms. The predicted octanol–water partition coefficient (Wildman–Crippen LogP) is 0.387. The van der Waals surface area contributed by atoms with E-state index in [4.69, 9.17) is 0 Å². The van der Waals surface area contributed by atoms with Gasteiger partial charge in [0.25, 0.3) is 0 Å². The van der Waals surface area contributed by atoms with Crippen molar-refractivity contribution < 1.29 is 10.0 Å². The summed E-state index contributed by atoms with van der Waals surface area (Å²) < 4.78 is 0. The molecule has 1 heterocycles. The Morgan fingerprint density at radius 1 is 1.20 bits per heavy atom. The zero-order valence-electron chi connectivity index (χ0n) is 9.08. The minimum Gasteiger partial charge on any atom is -0.468 e. The summed E-state index contributed by atoms with van der Waals surface area (Å²) >= 11 is 0. The van der Waals surface area contributed by atoms with Crippen LogP contribution >= 0.6 is 0 Å². The molecule has 1 aliphatic rings. The third-order valence-electron chi connectivity index (χ3n) is 3.60. The van der Waals surface area contributed by atoms with Gasteiger partial charge in [-0.05, 0) is 5.56 Å². The van der Waals surface area contributed by atoms with Crippen LogP contribution in [0.15, 0.2) is 30.3 Å². The quantitative estimate of drug-likeness (QED) is 0.671. The average Bonchev–Trinajstić information content (AvgIpc) is 2.32. The van der Waals surface area contributed by atoms with Crippen LogP contribution in [0.2, 0.25) is 0 Å². The fourth-order valence-electron chi connectivity index (χ4n) is 2.41. The van der Waals surface area contributed by atoms with Crippen LogP contribution in [0.4, 0.5) is 0 Å². The van der Waals surface area contributed by atoms with E-state index < -0.39 is 0 Å². The molecule has 1 aliphatic heterocycles. The maximum atomic E-state index is 9.65. The van der Waals surface area contributed by atoms with Gasteiger partial charge in [-0.1, -0.05) is 30.3 Å². The Hall–Kier alpha value is -0.860. The molecule has 0 spiro atoms. The minimum atomic E-state index is -0.0115. The van der Waals surface area contributed by atoms with E-state index in [1.54, 1.807) is 0 Å². The third kappa shape index (κ3) is 2.06. The summed E-state index contributed by atoms with van der Waals surface area (Å²) in [7, 11) is 4.03. The summed E-state index contributed by atoms with van der Waals surface area (Å²) in [6.07, 6.45) is 2.07. The molecule has 2 rings (SSSR count). The van der Waals surface area contributed by atoms with E-state index in [0.29, 0.717) is 0 Å². The maximum Gasteiger partial charge on any atom is 0.0539 e. The van der Waals surface area contributed by atoms with Gasteiger partial charge in [0.05, 0.1) is 19.7 Å². The molecule has 0 saturated carbocycles. The number of hydrogen-bond donors (Lipinski definition) is 2. The first-order valence-corrected chi connectivity index (χ1v) is 5.60. The van der Waals surface area contributed by atoms with Crippen LogP contribution in [0.1, 0.15) is 18.4 Å². The molecule has 0 aromatic heterocycles. The van der Waals surface area contributed by atoms with Gasteiger partial charge in [0, 0.05) is 18.3 Å². The summed E-state index contributed by atoms with van der Waals surface area (Å²) in [6.45, 7) is 2.36. The first-order valence-electron chi connectivity index (χ1n) is 5.60. The molecule has 2 N–H and O–H groups in total. The van der Waals surface area contributed by atoms with Gasteiger partial charge in [0.15, 0.2) is 0 Å². The van der Waals surface area contributed by atoms with E-state index in [2.05, 4.69) is 31.3 Å². The first kappa shape index (κ1) is 10.7. The van der Waals surface area contributed by atoms with E-state index in [-0.39, 0.29) is 12.0 Å². The van der Waals surface area contributed by atoms with Crippen molar-refractivity contribution in [2.75, 3.05) is 19.7 Å². The molecule has 1 aromatic carbocycles. The molecular formula is C13H19NO. The minimum absolute atomic E-state index is 0.0115. The Morgan fingerprint density at radius 2 is 1.80 bits per heavy atom. The molecule has 2 heteroatoms. The van der Waals surface area contributed by atoms with Crippen LogP contribution in [0, 0.1) is 7.05 Å². The van der Waals surface area contributed by atoms with Crippen molar-refractivity contribution in [2.24, 2.45) is 0 Å². The number of nitrogens with one attached hydrogen (secondary N) is 1. The van der Waals surface area contributed by atoms with Crippen molar-refractivity contribution in [3.8, 4) is 0 Å². The molecule has 0 amide bonds. The lowest BCUT2D eigenvalue weighted by Crippen LogP contribution is -3.08. The normalized spacial score (nSPS) is 31.5. The third-order valence-corrected chi connectivity index (χ3v) is 3.60. The van der Waals surface area contributed by atoms with Crippen LogP contribution in [0.5, 0.6) is 0 Å². The largest absolute Gasteiger partial charge is 0.468 e. The molecule has 0 unspecified atom stereocenters. The first-order chi connectivity index (χ1) is 7.27. The standard InChI is InChI=1S/C13H19NO/c1-14-9-7-13(11-15,8-10-14)12-5-3-2-4-6-12/h2-6,14-15H,1,7-11H2.